The number of sulfone groups is 1. The summed E-state index contributed by atoms with van der Waals surface area (Å²) >= 11 is 0. The first-order chi connectivity index (χ1) is 19.5. The second kappa shape index (κ2) is 13.2. The number of pyridine rings is 1. The van der Waals surface area contributed by atoms with Crippen LogP contribution in [0.1, 0.15) is 85.2 Å². The first-order valence-electron chi connectivity index (χ1n) is 14.1. The summed E-state index contributed by atoms with van der Waals surface area (Å²) < 4.78 is 68.7. The monoisotopic (exact) mass is 597 g/mol. The average molecular weight is 598 g/mol. The summed E-state index contributed by atoms with van der Waals surface area (Å²) in [4.78, 5) is 20.3. The highest BCUT2D eigenvalue weighted by molar-refractivity contribution is 7.91. The Bertz CT molecular complexity index is 1300. The summed E-state index contributed by atoms with van der Waals surface area (Å²) in [5.41, 5.74) is 2.78. The van der Waals surface area contributed by atoms with E-state index < -0.39 is 40.7 Å². The molecule has 2 aromatic rings. The SMILES string of the molecule is CC[C@H]1c2ncc(C(=O)N[C@@H](COCO)c3ccc(S(=O)(=O)CC)cc3)cc2CN1C[C@H]1CC[C@H](C(F)(F)F)CC1. The van der Waals surface area contributed by atoms with Gasteiger partial charge >= 0.3 is 6.18 Å². The molecule has 0 saturated heterocycles. The minimum Gasteiger partial charge on any atom is -0.371 e. The van der Waals surface area contributed by atoms with Gasteiger partial charge < -0.3 is 15.2 Å². The van der Waals surface area contributed by atoms with Gasteiger partial charge in [0.15, 0.2) is 9.84 Å². The number of nitrogens with one attached hydrogen (secondary N) is 1. The van der Waals surface area contributed by atoms with E-state index in [9.17, 15) is 26.4 Å². The number of rotatable bonds is 11. The molecule has 1 aromatic heterocycles. The van der Waals surface area contributed by atoms with Crippen molar-refractivity contribution in [3.8, 4) is 0 Å². The number of carbonyl (C=O) groups is 1. The lowest BCUT2D eigenvalue weighted by atomic mass is 9.81. The fourth-order valence-electron chi connectivity index (χ4n) is 5.93. The molecule has 41 heavy (non-hydrogen) atoms. The molecule has 226 valence electrons. The Balaban J connectivity index is 1.44. The van der Waals surface area contributed by atoms with Crippen molar-refractivity contribution >= 4 is 15.7 Å². The van der Waals surface area contributed by atoms with Gasteiger partial charge in [0.1, 0.15) is 6.79 Å². The van der Waals surface area contributed by atoms with Gasteiger partial charge in [0.2, 0.25) is 0 Å². The van der Waals surface area contributed by atoms with Crippen molar-refractivity contribution < 1.29 is 36.2 Å². The van der Waals surface area contributed by atoms with E-state index in [4.69, 9.17) is 9.84 Å². The molecule has 0 bridgehead atoms. The maximum atomic E-state index is 13.3. The number of carbonyl (C=O) groups excluding carboxylic acids is 1. The molecular formula is C29H38F3N3O5S. The molecule has 2 N–H and O–H groups in total. The zero-order chi connectivity index (χ0) is 29.8. The van der Waals surface area contributed by atoms with E-state index >= 15 is 0 Å². The van der Waals surface area contributed by atoms with Gasteiger partial charge in [-0.3, -0.25) is 14.7 Å². The summed E-state index contributed by atoms with van der Waals surface area (Å²) in [7, 11) is -3.37. The molecule has 1 aliphatic carbocycles. The molecule has 1 saturated carbocycles. The first-order valence-corrected chi connectivity index (χ1v) is 15.7. The molecule has 8 nitrogen and oxygen atoms in total. The van der Waals surface area contributed by atoms with E-state index in [1.165, 1.54) is 18.3 Å². The predicted molar refractivity (Wildman–Crippen MR) is 147 cm³/mol. The lowest BCUT2D eigenvalue weighted by Crippen LogP contribution is -2.33. The molecule has 0 spiro atoms. The van der Waals surface area contributed by atoms with E-state index in [0.29, 0.717) is 37.1 Å². The summed E-state index contributed by atoms with van der Waals surface area (Å²) in [5.74, 6) is -1.42. The van der Waals surface area contributed by atoms with E-state index in [1.807, 2.05) is 6.07 Å². The van der Waals surface area contributed by atoms with Crippen molar-refractivity contribution in [3.63, 3.8) is 0 Å². The van der Waals surface area contributed by atoms with Gasteiger partial charge in [-0.05, 0) is 67.3 Å². The summed E-state index contributed by atoms with van der Waals surface area (Å²) in [5, 5.41) is 12.1. The molecule has 12 heteroatoms. The second-order valence-electron chi connectivity index (χ2n) is 10.9. The molecule has 2 heterocycles. The number of amides is 1. The topological polar surface area (TPSA) is 109 Å². The van der Waals surface area contributed by atoms with Gasteiger partial charge in [-0.15, -0.1) is 0 Å². The molecule has 1 aromatic carbocycles. The zero-order valence-corrected chi connectivity index (χ0v) is 24.2. The van der Waals surface area contributed by atoms with Crippen molar-refractivity contribution in [2.24, 2.45) is 11.8 Å². The number of hydrogen-bond donors (Lipinski definition) is 2. The molecule has 1 fully saturated rings. The summed E-state index contributed by atoms with van der Waals surface area (Å²) in [6.45, 7) is 4.33. The van der Waals surface area contributed by atoms with Gasteiger partial charge in [-0.2, -0.15) is 13.2 Å². The molecule has 0 radical (unpaired) electrons. The Kier molecular flexibility index (Phi) is 10.1. The Labute approximate surface area is 239 Å². The van der Waals surface area contributed by atoms with E-state index in [1.54, 1.807) is 19.1 Å². The predicted octanol–water partition coefficient (Wildman–Crippen LogP) is 4.95. The Morgan fingerprint density at radius 3 is 2.44 bits per heavy atom. The van der Waals surface area contributed by atoms with Crippen LogP contribution in [0.15, 0.2) is 41.4 Å². The highest BCUT2D eigenvalue weighted by Crippen LogP contribution is 2.42. The highest BCUT2D eigenvalue weighted by Gasteiger charge is 2.42. The Morgan fingerprint density at radius 1 is 1.17 bits per heavy atom. The van der Waals surface area contributed by atoms with E-state index in [-0.39, 0.29) is 42.1 Å². The third-order valence-electron chi connectivity index (χ3n) is 8.29. The highest BCUT2D eigenvalue weighted by atomic mass is 32.2. The Hall–Kier alpha value is -2.54. The number of fused-ring (bicyclic) bond motifs is 1. The summed E-state index contributed by atoms with van der Waals surface area (Å²) in [6, 6.07) is 7.40. The number of hydrogen-bond acceptors (Lipinski definition) is 7. The van der Waals surface area contributed by atoms with Crippen molar-refractivity contribution in [1.29, 1.82) is 0 Å². The standard InChI is InChI=1S/C29H38F3N3O5S/c1-3-26-27-22(16-35(26)15-19-5-9-23(10-6-19)29(30,31)32)13-21(14-33-27)28(37)34-25(17-40-18-36)20-7-11-24(12-8-20)41(38,39)4-2/h7-8,11-14,19,23,25-26,36H,3-6,9-10,15-18H2,1-2H3,(H,34,37)/t19-,23-,25-,26-/m0/s1. The third-order valence-corrected chi connectivity index (χ3v) is 10.0. The van der Waals surface area contributed by atoms with Crippen LogP contribution in [0.3, 0.4) is 0 Å². The number of aliphatic hydroxyl groups is 1. The van der Waals surface area contributed by atoms with Gasteiger partial charge in [0.05, 0.1) is 46.5 Å². The van der Waals surface area contributed by atoms with Gasteiger partial charge in [0.25, 0.3) is 5.91 Å². The van der Waals surface area contributed by atoms with Crippen molar-refractivity contribution in [1.82, 2.24) is 15.2 Å². The molecule has 1 amide bonds. The first kappa shape index (κ1) is 31.4. The minimum absolute atomic E-state index is 0.0250. The fraction of sp³-hybridized carbons (Fsp3) is 0.586. The zero-order valence-electron chi connectivity index (χ0n) is 23.4. The van der Waals surface area contributed by atoms with Crippen LogP contribution in [0.25, 0.3) is 0 Å². The number of aliphatic hydroxyl groups excluding tert-OH is 1. The van der Waals surface area contributed by atoms with Gasteiger partial charge in [-0.1, -0.05) is 26.0 Å². The third kappa shape index (κ3) is 7.46. The average Bonchev–Trinajstić information content (AvgIpc) is 3.31. The van der Waals surface area contributed by atoms with E-state index in [0.717, 1.165) is 17.7 Å². The van der Waals surface area contributed by atoms with Crippen molar-refractivity contribution in [3.05, 3.63) is 58.9 Å². The van der Waals surface area contributed by atoms with Gasteiger partial charge in [-0.25, -0.2) is 8.42 Å². The van der Waals surface area contributed by atoms with Crippen molar-refractivity contribution in [2.75, 3.05) is 25.7 Å². The van der Waals surface area contributed by atoms with Crippen LogP contribution >= 0.6 is 0 Å². The number of benzene rings is 1. The fourth-order valence-corrected chi connectivity index (χ4v) is 6.81. The molecule has 2 aliphatic rings. The molecular weight excluding hydrogens is 559 g/mol. The Morgan fingerprint density at radius 2 is 1.85 bits per heavy atom. The minimum atomic E-state index is -4.12. The number of alkyl halides is 3. The second-order valence-corrected chi connectivity index (χ2v) is 13.2. The smallest absolute Gasteiger partial charge is 0.371 e. The van der Waals surface area contributed by atoms with Crippen LogP contribution < -0.4 is 5.32 Å². The summed E-state index contributed by atoms with van der Waals surface area (Å²) in [6.07, 6.45) is -0.346. The van der Waals surface area contributed by atoms with Gasteiger partial charge in [0, 0.05) is 19.3 Å². The molecule has 2 atom stereocenters. The number of ether oxygens (including phenoxy) is 1. The number of nitrogens with zero attached hydrogens (tertiary/aromatic N) is 2. The lowest BCUT2D eigenvalue weighted by Gasteiger charge is -2.33. The maximum Gasteiger partial charge on any atom is 0.391 e. The van der Waals surface area contributed by atoms with E-state index in [2.05, 4.69) is 22.1 Å². The molecule has 0 unspecified atom stereocenters. The lowest BCUT2D eigenvalue weighted by molar-refractivity contribution is -0.184. The molecule has 1 aliphatic heterocycles. The normalized spacial score (nSPS) is 22.3. The van der Waals surface area contributed by atoms with Crippen LogP contribution in [0.2, 0.25) is 0 Å². The van der Waals surface area contributed by atoms with Crippen molar-refractivity contribution in [2.45, 2.75) is 75.7 Å². The van der Waals surface area contributed by atoms with Crippen LogP contribution in [0.5, 0.6) is 0 Å². The largest absolute Gasteiger partial charge is 0.391 e. The van der Waals surface area contributed by atoms with Crippen LogP contribution in [0, 0.1) is 11.8 Å². The van der Waals surface area contributed by atoms with Crippen LogP contribution in [0.4, 0.5) is 13.2 Å². The van der Waals surface area contributed by atoms with Crippen LogP contribution in [-0.2, 0) is 21.1 Å². The number of halogens is 3. The number of aromatic nitrogens is 1. The quantitative estimate of drug-likeness (QED) is 0.353. The van der Waals surface area contributed by atoms with Crippen LogP contribution in [-0.4, -0.2) is 61.2 Å². The molecule has 4 rings (SSSR count). The maximum absolute atomic E-state index is 13.3.